The van der Waals surface area contributed by atoms with Crippen LogP contribution in [0, 0.1) is 6.07 Å². The summed E-state index contributed by atoms with van der Waals surface area (Å²) in [6.07, 6.45) is 0.715. The van der Waals surface area contributed by atoms with Crippen LogP contribution in [0.15, 0.2) is 206 Å². The van der Waals surface area contributed by atoms with Crippen LogP contribution in [-0.4, -0.2) is 19.2 Å². The standard InChI is InChI=1S/C36H27NOP2.C12H9N.CH4O3S.Pd/c1-5-15-27(16-6-1)39(28-17-7-2-8-18-28)33-25-13-23-31-35(33)38-36-32(37-31)24-14-26-34(36)40(29-19-9-3-10-20-29)30-21-11-4-12-22-30;13-12-9-5-4-8-11(12)10-6-2-1-3-7-10;1-5(2,3)4;/h1-26,37H;1-6,8-9,13H;1H3,(H,2,3,4);/q;-2;;+2/p+1. The number of benzene rings is 8. The molecule has 0 saturated heterocycles. The van der Waals surface area contributed by atoms with Crippen molar-refractivity contribution in [3.05, 3.63) is 218 Å². The van der Waals surface area contributed by atoms with Crippen molar-refractivity contribution in [2.75, 3.05) is 11.6 Å². The fraction of sp³-hybridized carbons (Fsp3) is 0.0204. The molecule has 0 spiro atoms. The molecule has 0 aromatic heterocycles. The number of anilines is 2. The van der Waals surface area contributed by atoms with Gasteiger partial charge in [0.25, 0.3) is 10.1 Å². The predicted octanol–water partition coefficient (Wildman–Crippen LogP) is 10.1. The summed E-state index contributed by atoms with van der Waals surface area (Å²) < 4.78 is 32.9. The normalized spacial score (nSPS) is 11.2. The van der Waals surface area contributed by atoms with Crippen molar-refractivity contribution in [3.63, 3.8) is 0 Å². The first-order valence-corrected chi connectivity index (χ1v) is 23.2. The largest absolute Gasteiger partial charge is 2.00 e. The van der Waals surface area contributed by atoms with E-state index in [9.17, 15) is 8.42 Å². The van der Waals surface area contributed by atoms with Gasteiger partial charge in [-0.1, -0.05) is 133 Å². The van der Waals surface area contributed by atoms with E-state index in [0.29, 0.717) is 11.9 Å². The van der Waals surface area contributed by atoms with E-state index >= 15 is 0 Å². The number of nitrogens with one attached hydrogen (secondary N) is 2. The molecule has 1 aliphatic rings. The van der Waals surface area contributed by atoms with Crippen LogP contribution in [-0.2, 0) is 30.5 Å². The Hall–Kier alpha value is -5.41. The summed E-state index contributed by atoms with van der Waals surface area (Å²) in [6, 6.07) is 74.7. The van der Waals surface area contributed by atoms with Gasteiger partial charge in [-0.3, -0.25) is 4.55 Å². The second-order valence-electron chi connectivity index (χ2n) is 13.2. The van der Waals surface area contributed by atoms with Gasteiger partial charge in [-0.25, -0.2) is 0 Å². The Balaban J connectivity index is 0.000000256. The molecule has 59 heavy (non-hydrogen) atoms. The zero-order valence-electron chi connectivity index (χ0n) is 32.0. The third-order valence-corrected chi connectivity index (χ3v) is 14.3. The molecule has 296 valence electrons. The van der Waals surface area contributed by atoms with Crippen LogP contribution in [0.1, 0.15) is 0 Å². The van der Waals surface area contributed by atoms with E-state index in [4.69, 9.17) is 15.0 Å². The summed E-state index contributed by atoms with van der Waals surface area (Å²) in [5.41, 5.74) is 12.2. The smallest absolute Gasteiger partial charge is 0.706 e. The maximum absolute atomic E-state index is 9.19. The second-order valence-corrected chi connectivity index (χ2v) is 19.3. The minimum absolute atomic E-state index is 0. The monoisotopic (exact) mass is 921 g/mol. The molecule has 0 saturated carbocycles. The van der Waals surface area contributed by atoms with E-state index in [2.05, 4.69) is 169 Å². The fourth-order valence-electron chi connectivity index (χ4n) is 6.64. The quantitative estimate of drug-likeness (QED) is 0.0718. The van der Waals surface area contributed by atoms with Crippen molar-refractivity contribution in [2.24, 2.45) is 0 Å². The van der Waals surface area contributed by atoms with Gasteiger partial charge in [-0.15, -0.1) is 41.5 Å². The SMILES string of the molecule is CS(=O)(=O)O.[NH-]c1ccccc1-c1[c-]cccc1.[Pd+2].c1ccc(P(c2ccccc2)c2cccc3c2Oc2c(cccc2[PH+](c2ccccc2)c2ccccc2)N3)cc1. The number of ether oxygens (including phenoxy) is 1. The Morgan fingerprint density at radius 3 is 1.59 bits per heavy atom. The summed E-state index contributed by atoms with van der Waals surface area (Å²) in [6.45, 7) is 0. The van der Waals surface area contributed by atoms with E-state index in [1.54, 1.807) is 6.07 Å². The molecule has 1 heterocycles. The maximum atomic E-state index is 9.19. The van der Waals surface area contributed by atoms with Crippen LogP contribution in [0.2, 0.25) is 0 Å². The summed E-state index contributed by atoms with van der Waals surface area (Å²) in [4.78, 5) is 0. The van der Waals surface area contributed by atoms with Crippen LogP contribution in [0.3, 0.4) is 0 Å². The van der Waals surface area contributed by atoms with Gasteiger partial charge < -0.3 is 15.8 Å². The third kappa shape index (κ3) is 11.2. The molecule has 9 rings (SSSR count). The van der Waals surface area contributed by atoms with Gasteiger partial charge >= 0.3 is 20.4 Å². The second kappa shape index (κ2) is 20.5. The fourth-order valence-corrected chi connectivity index (χ4v) is 11.7. The Bertz CT molecular complexity index is 2460. The number of rotatable bonds is 7. The third-order valence-electron chi connectivity index (χ3n) is 9.07. The Kier molecular flexibility index (Phi) is 15.0. The number of fused-ring (bicyclic) bond motifs is 2. The van der Waals surface area contributed by atoms with Gasteiger partial charge in [-0.05, 0) is 67.1 Å². The van der Waals surface area contributed by atoms with E-state index in [1.807, 2.05) is 42.5 Å². The van der Waals surface area contributed by atoms with Crippen molar-refractivity contribution in [1.29, 1.82) is 0 Å². The number of para-hydroxylation sites is 2. The molecule has 8 aromatic carbocycles. The first-order chi connectivity index (χ1) is 28.2. The minimum Gasteiger partial charge on any atom is -0.706 e. The van der Waals surface area contributed by atoms with Crippen molar-refractivity contribution < 1.29 is 38.1 Å². The zero-order chi connectivity index (χ0) is 40.3. The molecule has 6 nitrogen and oxygen atoms in total. The van der Waals surface area contributed by atoms with Crippen molar-refractivity contribution in [1.82, 2.24) is 0 Å². The van der Waals surface area contributed by atoms with Crippen molar-refractivity contribution >= 4 is 74.9 Å². The van der Waals surface area contributed by atoms with E-state index < -0.39 is 26.0 Å². The van der Waals surface area contributed by atoms with Crippen molar-refractivity contribution in [3.8, 4) is 22.6 Å². The molecule has 0 unspecified atom stereocenters. The van der Waals surface area contributed by atoms with Crippen LogP contribution in [0.25, 0.3) is 16.9 Å². The molecule has 1 aliphatic heterocycles. The van der Waals surface area contributed by atoms with Gasteiger partial charge in [-0.2, -0.15) is 14.1 Å². The van der Waals surface area contributed by atoms with E-state index in [1.165, 1.54) is 31.8 Å². The minimum atomic E-state index is -3.67. The van der Waals surface area contributed by atoms with Crippen molar-refractivity contribution in [2.45, 2.75) is 0 Å². The first kappa shape index (κ1) is 43.2. The summed E-state index contributed by atoms with van der Waals surface area (Å²) in [7, 11) is -5.80. The molecule has 0 bridgehead atoms. The molecule has 0 aliphatic carbocycles. The molecule has 8 aromatic rings. The first-order valence-electron chi connectivity index (χ1n) is 18.5. The van der Waals surface area contributed by atoms with E-state index in [-0.39, 0.29) is 20.4 Å². The molecule has 10 heteroatoms. The van der Waals surface area contributed by atoms with Crippen LogP contribution in [0.5, 0.6) is 11.5 Å². The Labute approximate surface area is 363 Å². The Morgan fingerprint density at radius 2 is 1.07 bits per heavy atom. The van der Waals surface area contributed by atoms with Gasteiger partial charge in [0.05, 0.1) is 17.6 Å². The average molecular weight is 922 g/mol. The summed E-state index contributed by atoms with van der Waals surface area (Å²) in [5, 5.41) is 11.5. The predicted molar refractivity (Wildman–Crippen MR) is 247 cm³/mol. The molecule has 0 fully saturated rings. The molecule has 0 amide bonds. The number of hydrogen-bond acceptors (Lipinski definition) is 4. The van der Waals surface area contributed by atoms with Crippen LogP contribution >= 0.6 is 15.8 Å². The summed E-state index contributed by atoms with van der Waals surface area (Å²) >= 11 is 0. The van der Waals surface area contributed by atoms with Gasteiger partial charge in [0, 0.05) is 5.30 Å². The van der Waals surface area contributed by atoms with Gasteiger partial charge in [0.2, 0.25) is 0 Å². The molecule has 3 N–H and O–H groups in total. The average Bonchev–Trinajstić information content (AvgIpc) is 3.25. The molecular weight excluding hydrogens is 881 g/mol. The maximum Gasteiger partial charge on any atom is 2.00 e. The topological polar surface area (TPSA) is 99.4 Å². The Morgan fingerprint density at radius 1 is 0.593 bits per heavy atom. The van der Waals surface area contributed by atoms with Gasteiger partial charge in [0.1, 0.15) is 23.8 Å². The molecule has 0 atom stereocenters. The molecule has 0 radical (unpaired) electrons. The van der Waals surface area contributed by atoms with Crippen LogP contribution in [0.4, 0.5) is 17.1 Å². The number of hydrogen-bond donors (Lipinski definition) is 2. The van der Waals surface area contributed by atoms with E-state index in [0.717, 1.165) is 34.0 Å². The van der Waals surface area contributed by atoms with Gasteiger partial charge in [0.15, 0.2) is 11.5 Å². The molecular formula is C49H41N2O4P2PdS+. The van der Waals surface area contributed by atoms with Crippen LogP contribution < -0.4 is 41.9 Å². The summed E-state index contributed by atoms with van der Waals surface area (Å²) in [5.74, 6) is 1.85. The zero-order valence-corrected chi connectivity index (χ0v) is 36.2.